The third-order valence-corrected chi connectivity index (χ3v) is 18.4. The van der Waals surface area contributed by atoms with Crippen LogP contribution in [0.25, 0.3) is 0 Å². The first-order valence-electron chi connectivity index (χ1n) is 26.8. The number of benzene rings is 4. The molecule has 420 valence electrons. The molecule has 0 bridgehead atoms. The second-order valence-corrected chi connectivity index (χ2v) is 25.7. The molecule has 4 aromatic rings. The Morgan fingerprint density at radius 3 is 1.39 bits per heavy atom. The zero-order chi connectivity index (χ0) is 57.2. The Morgan fingerprint density at radius 1 is 0.595 bits per heavy atom. The first-order valence-corrected chi connectivity index (χ1v) is 30.0. The molecule has 2 saturated heterocycles. The Bertz CT molecular complexity index is 3060. The van der Waals surface area contributed by atoms with E-state index >= 15 is 0 Å². The molecule has 3 amide bonds. The van der Waals surface area contributed by atoms with Gasteiger partial charge in [0.2, 0.25) is 11.8 Å². The number of likely N-dealkylation sites (N-methyl/N-ethyl adjacent to an activating group) is 2. The topological polar surface area (TPSA) is 141 Å². The molecule has 10 rings (SSSR count). The van der Waals surface area contributed by atoms with Crippen molar-refractivity contribution in [1.29, 1.82) is 0 Å². The molecule has 4 aromatic carbocycles. The number of nitrogens with one attached hydrogen (secondary N) is 1. The Labute approximate surface area is 493 Å². The number of aliphatic imine (C=N–C) groups is 2. The van der Waals surface area contributed by atoms with Crippen LogP contribution in [0.3, 0.4) is 0 Å². The quantitative estimate of drug-likeness (QED) is 0.158. The van der Waals surface area contributed by atoms with Crippen LogP contribution in [0.4, 0.5) is 0 Å². The maximum absolute atomic E-state index is 14.2. The van der Waals surface area contributed by atoms with Crippen molar-refractivity contribution in [2.45, 2.75) is 115 Å². The number of amides is 3. The molecule has 2 N–H and O–H groups in total. The molecule has 4 unspecified atom stereocenters. The number of amidine groups is 2. The van der Waals surface area contributed by atoms with E-state index in [1.54, 1.807) is 42.9 Å². The van der Waals surface area contributed by atoms with Crippen molar-refractivity contribution < 1.29 is 24.3 Å². The van der Waals surface area contributed by atoms with Gasteiger partial charge >= 0.3 is 5.97 Å². The molecule has 0 spiro atoms. The average Bonchev–Trinajstić information content (AvgIpc) is 4.14. The SMILES string of the molecule is CC(C)C1=C(C(=O)N2CCCC[C@H]2C(=O)N(C)C)SC2=NC(C)(c3ccc(Cl)cc3)C(c3ccc(Cl)cc3)N21.CC(C)C1=C(C(=O)O)SC2=NC(C)(c3ccc(Cl)cc3)C(c3ccc(Cl)cc3)N21.CN(C)C(=O)[C@@H]1CCCCN1. The number of thioether (sulfide) groups is 2. The molecule has 0 saturated carbocycles. The molecule has 6 aliphatic rings. The van der Waals surface area contributed by atoms with Crippen LogP contribution >= 0.6 is 69.9 Å². The van der Waals surface area contributed by atoms with E-state index in [0.29, 0.717) is 48.0 Å². The number of hydrogen-bond donors (Lipinski definition) is 2. The van der Waals surface area contributed by atoms with E-state index in [2.05, 4.69) is 42.8 Å². The van der Waals surface area contributed by atoms with Gasteiger partial charge in [0.15, 0.2) is 10.3 Å². The maximum Gasteiger partial charge on any atom is 0.344 e. The van der Waals surface area contributed by atoms with E-state index in [4.69, 9.17) is 56.4 Å². The highest BCUT2D eigenvalue weighted by molar-refractivity contribution is 8.18. The number of rotatable bonds is 10. The largest absolute Gasteiger partial charge is 0.477 e. The normalized spacial score (nSPS) is 24.3. The van der Waals surface area contributed by atoms with E-state index < -0.39 is 23.1 Å². The minimum atomic E-state index is -0.918. The highest BCUT2D eigenvalue weighted by Crippen LogP contribution is 2.58. The second kappa shape index (κ2) is 25.0. The number of carboxylic acids is 1. The van der Waals surface area contributed by atoms with Gasteiger partial charge in [-0.15, -0.1) is 0 Å². The van der Waals surface area contributed by atoms with Crippen molar-refractivity contribution in [3.63, 3.8) is 0 Å². The number of piperidine rings is 2. The Morgan fingerprint density at radius 2 is 1.00 bits per heavy atom. The van der Waals surface area contributed by atoms with Crippen molar-refractivity contribution in [1.82, 2.24) is 29.8 Å². The van der Waals surface area contributed by atoms with E-state index in [1.807, 2.05) is 111 Å². The van der Waals surface area contributed by atoms with Crippen molar-refractivity contribution in [2.24, 2.45) is 21.8 Å². The lowest BCUT2D eigenvalue weighted by atomic mass is 9.81. The van der Waals surface area contributed by atoms with Crippen molar-refractivity contribution in [2.75, 3.05) is 41.3 Å². The molecule has 0 radical (unpaired) electrons. The molecule has 13 nitrogen and oxygen atoms in total. The lowest BCUT2D eigenvalue weighted by Crippen LogP contribution is -2.51. The zero-order valence-corrected chi connectivity index (χ0v) is 51.1. The first kappa shape index (κ1) is 60.1. The smallest absolute Gasteiger partial charge is 0.344 e. The van der Waals surface area contributed by atoms with Gasteiger partial charge in [-0.1, -0.05) is 129 Å². The zero-order valence-electron chi connectivity index (χ0n) is 46.4. The van der Waals surface area contributed by atoms with E-state index in [-0.39, 0.29) is 47.7 Å². The molecule has 6 atom stereocenters. The van der Waals surface area contributed by atoms with Gasteiger partial charge in [-0.05, 0) is 159 Å². The van der Waals surface area contributed by atoms with Gasteiger partial charge in [0.1, 0.15) is 26.9 Å². The number of likely N-dealkylation sites (tertiary alicyclic amines) is 1. The maximum atomic E-state index is 14.2. The van der Waals surface area contributed by atoms with Gasteiger partial charge in [0.25, 0.3) is 5.91 Å². The molecular formula is C60H70Cl4N8O5S2. The lowest BCUT2D eigenvalue weighted by molar-refractivity contribution is -0.143. The third-order valence-electron chi connectivity index (χ3n) is 15.3. The summed E-state index contributed by atoms with van der Waals surface area (Å²) < 4.78 is 0. The number of allylic oxidation sites excluding steroid dienone is 2. The number of hydrogen-bond acceptors (Lipinski definition) is 11. The van der Waals surface area contributed by atoms with Crippen molar-refractivity contribution in [3.8, 4) is 0 Å². The second-order valence-electron chi connectivity index (χ2n) is 22.0. The molecule has 2 fully saturated rings. The van der Waals surface area contributed by atoms with Gasteiger partial charge in [-0.25, -0.2) is 14.8 Å². The number of aliphatic carboxylic acids is 1. The standard InChI is InChI=1S/C30H34Cl2N4O2S.C22H20Cl2N2O2S.C8H16N2O/c1-18(2)24-25(28(38)35-17-7-6-8-23(35)27(37)34(4)5)39-29-33-30(3,20-11-15-22(32)16-12-20)26(36(24)29)19-9-13-21(31)14-10-19;1-12(2)17-18(20(27)28)29-21-25-22(3,14-6-10-16(24)11-7-14)19(26(17)21)13-4-8-15(23)9-5-13;1-10(2)8(11)7-5-3-4-6-9-7/h9-16,18,23,26H,6-8,17H2,1-5H3;4-12,19H,1-3H3,(H,27,28);7,9H,3-6H2,1-2H3/t23-,26?,30?;;7-/m0.0/s1. The number of nitrogens with zero attached hydrogens (tertiary/aromatic N) is 7. The number of fused-ring (bicyclic) bond motifs is 2. The number of carbonyl (C=O) groups excluding carboxylic acids is 3. The molecule has 0 aliphatic carbocycles. The minimum absolute atomic E-state index is 0.0232. The first-order chi connectivity index (χ1) is 37.5. The van der Waals surface area contributed by atoms with E-state index in [1.165, 1.54) is 36.4 Å². The molecule has 0 aromatic heterocycles. The molecule has 6 heterocycles. The lowest BCUT2D eigenvalue weighted by Gasteiger charge is -2.38. The molecule has 6 aliphatic heterocycles. The fourth-order valence-electron chi connectivity index (χ4n) is 11.4. The molecular weight excluding hydrogens is 1120 g/mol. The Kier molecular flexibility index (Phi) is 19.0. The van der Waals surface area contributed by atoms with Crippen LogP contribution in [-0.4, -0.2) is 117 Å². The fourth-order valence-corrected chi connectivity index (χ4v) is 14.5. The summed E-state index contributed by atoms with van der Waals surface area (Å²) in [5, 5.41) is 17.1. The van der Waals surface area contributed by atoms with Gasteiger partial charge in [0.05, 0.1) is 18.1 Å². The number of carboxylic acid groups (broad SMARTS) is 1. The van der Waals surface area contributed by atoms with Crippen LogP contribution in [0.2, 0.25) is 20.1 Å². The number of carbonyl (C=O) groups is 4. The van der Waals surface area contributed by atoms with Gasteiger partial charge in [-0.3, -0.25) is 14.4 Å². The van der Waals surface area contributed by atoms with Crippen molar-refractivity contribution in [3.05, 3.63) is 161 Å². The summed E-state index contributed by atoms with van der Waals surface area (Å²) in [5.41, 5.74) is 4.65. The molecule has 19 heteroatoms. The van der Waals surface area contributed by atoms with Crippen molar-refractivity contribution >= 4 is 104 Å². The summed E-state index contributed by atoms with van der Waals surface area (Å²) in [6.07, 6.45) is 5.90. The highest BCUT2D eigenvalue weighted by atomic mass is 35.5. The van der Waals surface area contributed by atoms with Crippen LogP contribution < -0.4 is 5.32 Å². The van der Waals surface area contributed by atoms with Gasteiger partial charge in [-0.2, -0.15) is 0 Å². The molecule has 79 heavy (non-hydrogen) atoms. The average molecular weight is 1190 g/mol. The minimum Gasteiger partial charge on any atom is -0.477 e. The van der Waals surface area contributed by atoms with Gasteiger partial charge in [0, 0.05) is 66.2 Å². The third kappa shape index (κ3) is 12.4. The highest BCUT2D eigenvalue weighted by Gasteiger charge is 2.55. The Hall–Kier alpha value is -5.00. The van der Waals surface area contributed by atoms with Crippen LogP contribution in [-0.2, 0) is 30.3 Å². The summed E-state index contributed by atoms with van der Waals surface area (Å²) in [5.74, 6) is -0.722. The van der Waals surface area contributed by atoms with E-state index in [0.717, 1.165) is 64.6 Å². The van der Waals surface area contributed by atoms with Crippen LogP contribution in [0.1, 0.15) is 114 Å². The van der Waals surface area contributed by atoms with Crippen LogP contribution in [0.15, 0.2) is 128 Å². The van der Waals surface area contributed by atoms with E-state index in [9.17, 15) is 24.3 Å². The van der Waals surface area contributed by atoms with Crippen LogP contribution in [0, 0.1) is 11.8 Å². The van der Waals surface area contributed by atoms with Gasteiger partial charge < -0.3 is 34.9 Å². The summed E-state index contributed by atoms with van der Waals surface area (Å²) in [6.45, 7) is 14.0. The monoisotopic (exact) mass is 1190 g/mol. The predicted octanol–water partition coefficient (Wildman–Crippen LogP) is 13.2. The predicted molar refractivity (Wildman–Crippen MR) is 323 cm³/mol. The summed E-state index contributed by atoms with van der Waals surface area (Å²) >= 11 is 27.4. The Balaban J connectivity index is 0.000000179. The number of halogens is 4. The summed E-state index contributed by atoms with van der Waals surface area (Å²) in [4.78, 5) is 71.2. The summed E-state index contributed by atoms with van der Waals surface area (Å²) in [6, 6.07) is 30.4. The fraction of sp³-hybridized carbons (Fsp3) is 0.433. The summed E-state index contributed by atoms with van der Waals surface area (Å²) in [7, 11) is 7.11. The van der Waals surface area contributed by atoms with Crippen LogP contribution in [0.5, 0.6) is 0 Å².